The van der Waals surface area contributed by atoms with Gasteiger partial charge in [-0.05, 0) is 57.4 Å². The first kappa shape index (κ1) is 30.7. The van der Waals surface area contributed by atoms with Gasteiger partial charge in [0.05, 0.1) is 37.9 Å². The second-order valence-corrected chi connectivity index (χ2v) is 11.4. The van der Waals surface area contributed by atoms with Crippen LogP contribution >= 0.6 is 0 Å². The molecule has 0 amide bonds. The van der Waals surface area contributed by atoms with Crippen molar-refractivity contribution < 1.29 is 23.0 Å². The SMILES string of the molecule is COc1cc(Nc2ncc(OCc3c(F)c(C)cc(OC)c3F)cn2)ccc1N1CCC(N2CCN(C(C)C)CC2)CC1. The fraction of sp³-hybridized carbons (Fsp3) is 0.500. The number of methoxy groups -OCH3 is 2. The summed E-state index contributed by atoms with van der Waals surface area (Å²) >= 11 is 0. The first-order valence-electron chi connectivity index (χ1n) is 14.9. The Morgan fingerprint density at radius 3 is 2.21 bits per heavy atom. The molecule has 2 aromatic carbocycles. The van der Waals surface area contributed by atoms with Crippen molar-refractivity contribution in [3.05, 3.63) is 59.4 Å². The normalized spacial score (nSPS) is 16.9. The lowest BCUT2D eigenvalue weighted by Gasteiger charge is -2.44. The Bertz CT molecular complexity index is 1370. The van der Waals surface area contributed by atoms with E-state index in [9.17, 15) is 8.78 Å². The number of rotatable bonds is 10. The Morgan fingerprint density at radius 2 is 1.58 bits per heavy atom. The highest BCUT2D eigenvalue weighted by molar-refractivity contribution is 5.67. The summed E-state index contributed by atoms with van der Waals surface area (Å²) in [5.74, 6) is -0.0641. The number of nitrogens with one attached hydrogen (secondary N) is 1. The van der Waals surface area contributed by atoms with Crippen LogP contribution < -0.4 is 24.4 Å². The molecule has 3 heterocycles. The van der Waals surface area contributed by atoms with Gasteiger partial charge >= 0.3 is 0 Å². The second-order valence-electron chi connectivity index (χ2n) is 11.4. The first-order valence-corrected chi connectivity index (χ1v) is 14.9. The van der Waals surface area contributed by atoms with Crippen LogP contribution in [-0.2, 0) is 6.61 Å². The van der Waals surface area contributed by atoms with Crippen LogP contribution in [0.1, 0.15) is 37.8 Å². The van der Waals surface area contributed by atoms with Crippen LogP contribution in [0.4, 0.5) is 26.1 Å². The Morgan fingerprint density at radius 1 is 0.907 bits per heavy atom. The van der Waals surface area contributed by atoms with Crippen LogP contribution in [0.25, 0.3) is 0 Å². The third kappa shape index (κ3) is 7.10. The Balaban J connectivity index is 1.16. The topological polar surface area (TPSA) is 75.2 Å². The standard InChI is InChI=1S/C32H42F2N6O3/c1-21(2)38-12-14-39(15-13-38)24-8-10-40(11-9-24)27-7-6-23(17-28(27)41-4)37-32-35-18-25(19-36-32)43-20-26-30(33)22(3)16-29(42-5)31(26)34/h6-7,16-19,21,24H,8-15,20H2,1-5H3,(H,35,36,37). The minimum absolute atomic E-state index is 0.0324. The van der Waals surface area contributed by atoms with Crippen molar-refractivity contribution >= 4 is 17.3 Å². The summed E-state index contributed by atoms with van der Waals surface area (Å²) in [4.78, 5) is 16.2. The molecule has 11 heteroatoms. The first-order chi connectivity index (χ1) is 20.8. The van der Waals surface area contributed by atoms with E-state index in [0.29, 0.717) is 18.0 Å². The molecule has 0 radical (unpaired) electrons. The van der Waals surface area contributed by atoms with Crippen molar-refractivity contribution in [3.63, 3.8) is 0 Å². The number of benzene rings is 2. The molecule has 232 valence electrons. The van der Waals surface area contributed by atoms with E-state index in [0.717, 1.165) is 69.2 Å². The zero-order valence-corrected chi connectivity index (χ0v) is 25.7. The largest absolute Gasteiger partial charge is 0.495 e. The van der Waals surface area contributed by atoms with E-state index in [4.69, 9.17) is 14.2 Å². The van der Waals surface area contributed by atoms with Crippen LogP contribution in [0.15, 0.2) is 36.7 Å². The maximum Gasteiger partial charge on any atom is 0.227 e. The van der Waals surface area contributed by atoms with Crippen molar-refractivity contribution in [2.24, 2.45) is 0 Å². The van der Waals surface area contributed by atoms with Crippen LogP contribution in [0.3, 0.4) is 0 Å². The maximum absolute atomic E-state index is 14.6. The number of hydrogen-bond acceptors (Lipinski definition) is 9. The minimum Gasteiger partial charge on any atom is -0.495 e. The number of piperazine rings is 1. The molecule has 2 saturated heterocycles. The molecule has 2 aliphatic heterocycles. The third-order valence-electron chi connectivity index (χ3n) is 8.51. The fourth-order valence-electron chi connectivity index (χ4n) is 5.93. The molecule has 9 nitrogen and oxygen atoms in total. The Hall–Kier alpha value is -3.70. The summed E-state index contributed by atoms with van der Waals surface area (Å²) < 4.78 is 45.4. The monoisotopic (exact) mass is 596 g/mol. The summed E-state index contributed by atoms with van der Waals surface area (Å²) in [7, 11) is 3.02. The average molecular weight is 597 g/mol. The van der Waals surface area contributed by atoms with Gasteiger partial charge in [-0.1, -0.05) is 0 Å². The van der Waals surface area contributed by atoms with Gasteiger partial charge in [-0.3, -0.25) is 9.80 Å². The quantitative estimate of drug-likeness (QED) is 0.331. The van der Waals surface area contributed by atoms with Gasteiger partial charge < -0.3 is 24.4 Å². The van der Waals surface area contributed by atoms with E-state index in [2.05, 4.69) is 49.9 Å². The van der Waals surface area contributed by atoms with E-state index in [1.165, 1.54) is 25.6 Å². The van der Waals surface area contributed by atoms with E-state index in [1.54, 1.807) is 14.0 Å². The number of hydrogen-bond donors (Lipinski definition) is 1. The average Bonchev–Trinajstić information content (AvgIpc) is 3.03. The summed E-state index contributed by atoms with van der Waals surface area (Å²) in [6.07, 6.45) is 5.20. The van der Waals surface area contributed by atoms with Crippen LogP contribution in [-0.4, -0.2) is 85.3 Å². The molecule has 0 aliphatic carbocycles. The molecule has 1 N–H and O–H groups in total. The number of halogens is 2. The minimum atomic E-state index is -0.785. The molecule has 0 atom stereocenters. The van der Waals surface area contributed by atoms with Gasteiger partial charge in [-0.15, -0.1) is 0 Å². The number of nitrogens with zero attached hydrogens (tertiary/aromatic N) is 5. The number of piperidine rings is 1. The lowest BCUT2D eigenvalue weighted by Crippen LogP contribution is -2.54. The van der Waals surface area contributed by atoms with Crippen LogP contribution in [0.5, 0.6) is 17.2 Å². The molecule has 0 unspecified atom stereocenters. The number of aryl methyl sites for hydroxylation is 1. The van der Waals surface area contributed by atoms with Gasteiger partial charge in [0.25, 0.3) is 0 Å². The van der Waals surface area contributed by atoms with E-state index < -0.39 is 11.6 Å². The number of anilines is 3. The van der Waals surface area contributed by atoms with Crippen molar-refractivity contribution in [2.75, 3.05) is 63.7 Å². The molecule has 43 heavy (non-hydrogen) atoms. The van der Waals surface area contributed by atoms with E-state index >= 15 is 0 Å². The van der Waals surface area contributed by atoms with Gasteiger partial charge in [-0.2, -0.15) is 0 Å². The van der Waals surface area contributed by atoms with E-state index in [-0.39, 0.29) is 29.2 Å². The van der Waals surface area contributed by atoms with Crippen molar-refractivity contribution in [3.8, 4) is 17.2 Å². The third-order valence-corrected chi connectivity index (χ3v) is 8.51. The molecule has 2 aliphatic rings. The predicted molar refractivity (Wildman–Crippen MR) is 164 cm³/mol. The zero-order chi connectivity index (χ0) is 30.5. The van der Waals surface area contributed by atoms with Gasteiger partial charge in [0.1, 0.15) is 18.2 Å². The molecule has 0 saturated carbocycles. The van der Waals surface area contributed by atoms with Crippen molar-refractivity contribution in [2.45, 2.75) is 52.3 Å². The molecule has 2 fully saturated rings. The lowest BCUT2D eigenvalue weighted by molar-refractivity contribution is 0.0692. The Kier molecular flexibility index (Phi) is 9.82. The highest BCUT2D eigenvalue weighted by Crippen LogP contribution is 2.34. The fourth-order valence-corrected chi connectivity index (χ4v) is 5.93. The van der Waals surface area contributed by atoms with Gasteiger partial charge in [0.15, 0.2) is 17.3 Å². The van der Waals surface area contributed by atoms with Crippen molar-refractivity contribution in [1.82, 2.24) is 19.8 Å². The zero-order valence-electron chi connectivity index (χ0n) is 25.7. The predicted octanol–water partition coefficient (Wildman–Crippen LogP) is 5.40. The van der Waals surface area contributed by atoms with Gasteiger partial charge in [0, 0.05) is 63.1 Å². The molecule has 1 aromatic heterocycles. The highest BCUT2D eigenvalue weighted by atomic mass is 19.1. The Labute approximate surface area is 252 Å². The van der Waals surface area contributed by atoms with Gasteiger partial charge in [-0.25, -0.2) is 18.7 Å². The number of aromatic nitrogens is 2. The van der Waals surface area contributed by atoms with Gasteiger partial charge in [0.2, 0.25) is 5.95 Å². The highest BCUT2D eigenvalue weighted by Gasteiger charge is 2.29. The summed E-state index contributed by atoms with van der Waals surface area (Å²) in [5.41, 5.74) is 1.92. The molecular weight excluding hydrogens is 554 g/mol. The smallest absolute Gasteiger partial charge is 0.227 e. The number of ether oxygens (including phenoxy) is 3. The second kappa shape index (κ2) is 13.7. The maximum atomic E-state index is 14.6. The van der Waals surface area contributed by atoms with Crippen LogP contribution in [0.2, 0.25) is 0 Å². The lowest BCUT2D eigenvalue weighted by atomic mass is 10.0. The summed E-state index contributed by atoms with van der Waals surface area (Å²) in [6.45, 7) is 12.4. The summed E-state index contributed by atoms with van der Waals surface area (Å²) in [5, 5.41) is 3.19. The van der Waals surface area contributed by atoms with Crippen LogP contribution in [0, 0.1) is 18.6 Å². The molecular formula is C32H42F2N6O3. The molecule has 5 rings (SSSR count). The van der Waals surface area contributed by atoms with E-state index in [1.807, 2.05) is 12.1 Å². The molecule has 0 spiro atoms. The molecule has 0 bridgehead atoms. The molecule has 3 aromatic rings. The van der Waals surface area contributed by atoms with Crippen molar-refractivity contribution in [1.29, 1.82) is 0 Å². The summed E-state index contributed by atoms with van der Waals surface area (Å²) in [6, 6.07) is 8.57.